The van der Waals surface area contributed by atoms with Gasteiger partial charge in [-0.3, -0.25) is 0 Å². The monoisotopic (exact) mass is 245 g/mol. The first-order valence-electron chi connectivity index (χ1n) is 5.09. The number of nitrogens with zero attached hydrogens (tertiary/aromatic N) is 1. The van der Waals surface area contributed by atoms with Crippen LogP contribution in [0.4, 0.5) is 18.9 Å². The normalized spacial score (nSPS) is 14.5. The Morgan fingerprint density at radius 3 is 2.47 bits per heavy atom. The number of hydrogen-bond donors (Lipinski definition) is 2. The smallest absolute Gasteiger partial charge is 0.370 e. The lowest BCUT2D eigenvalue weighted by Gasteiger charge is -2.11. The van der Waals surface area contributed by atoms with Crippen LogP contribution in [0.15, 0.2) is 35.3 Å². The van der Waals surface area contributed by atoms with Crippen LogP contribution in [0.25, 0.3) is 0 Å². The molecule has 1 aromatic carbocycles. The van der Waals surface area contributed by atoms with Crippen molar-refractivity contribution in [2.75, 3.05) is 5.32 Å². The minimum absolute atomic E-state index is 0.0204. The first-order chi connectivity index (χ1) is 7.87. The van der Waals surface area contributed by atoms with Gasteiger partial charge in [0.2, 0.25) is 0 Å². The molecule has 0 saturated carbocycles. The molecule has 0 saturated heterocycles. The lowest BCUT2D eigenvalue weighted by Crippen LogP contribution is -2.26. The molecule has 0 amide bonds. The molecule has 3 N–H and O–H groups in total. The second-order valence-electron chi connectivity index (χ2n) is 3.67. The van der Waals surface area contributed by atoms with Crippen molar-refractivity contribution in [3.05, 3.63) is 30.3 Å². The van der Waals surface area contributed by atoms with Gasteiger partial charge in [-0.25, -0.2) is 4.99 Å². The Morgan fingerprint density at radius 2 is 1.94 bits per heavy atom. The number of guanidine groups is 1. The zero-order chi connectivity index (χ0) is 12.9. The molecule has 0 radical (unpaired) electrons. The Morgan fingerprint density at radius 1 is 1.35 bits per heavy atom. The molecule has 0 aliphatic heterocycles. The molecule has 0 aliphatic carbocycles. The average molecular weight is 245 g/mol. The summed E-state index contributed by atoms with van der Waals surface area (Å²) in [5.74, 6) is -0.0204. The Balaban J connectivity index is 2.55. The highest BCUT2D eigenvalue weighted by Crippen LogP contribution is 2.22. The van der Waals surface area contributed by atoms with Crippen LogP contribution in [0, 0.1) is 0 Å². The van der Waals surface area contributed by atoms with E-state index in [4.69, 9.17) is 5.73 Å². The number of nitrogens with two attached hydrogens (primary N) is 1. The van der Waals surface area contributed by atoms with Crippen molar-refractivity contribution in [1.82, 2.24) is 0 Å². The second-order valence-corrected chi connectivity index (χ2v) is 3.67. The summed E-state index contributed by atoms with van der Waals surface area (Å²) in [5.41, 5.74) is 6.18. The predicted octanol–water partition coefficient (Wildman–Crippen LogP) is 2.75. The molecule has 0 fully saturated rings. The van der Waals surface area contributed by atoms with E-state index >= 15 is 0 Å². The number of aliphatic imine (C=N–C) groups is 1. The van der Waals surface area contributed by atoms with E-state index in [-0.39, 0.29) is 5.96 Å². The third kappa shape index (κ3) is 5.79. The van der Waals surface area contributed by atoms with Gasteiger partial charge in [0, 0.05) is 5.69 Å². The molecule has 0 aromatic heterocycles. The molecule has 94 valence electrons. The molecule has 17 heavy (non-hydrogen) atoms. The van der Waals surface area contributed by atoms with Gasteiger partial charge in [0.1, 0.15) is 0 Å². The number of hydrogen-bond acceptors (Lipinski definition) is 1. The number of benzene rings is 1. The minimum atomic E-state index is -4.23. The van der Waals surface area contributed by atoms with E-state index in [0.29, 0.717) is 5.69 Å². The SMILES string of the molecule is CC(CC(F)(F)F)N=C(N)Nc1ccccc1. The lowest BCUT2D eigenvalue weighted by atomic mass is 10.2. The summed E-state index contributed by atoms with van der Waals surface area (Å²) in [7, 11) is 0. The van der Waals surface area contributed by atoms with Gasteiger partial charge >= 0.3 is 6.18 Å². The molecule has 1 unspecified atom stereocenters. The van der Waals surface area contributed by atoms with Crippen LogP contribution in [0.3, 0.4) is 0 Å². The highest BCUT2D eigenvalue weighted by atomic mass is 19.4. The van der Waals surface area contributed by atoms with E-state index in [1.54, 1.807) is 24.3 Å². The van der Waals surface area contributed by atoms with Crippen LogP contribution in [-0.4, -0.2) is 18.2 Å². The molecule has 3 nitrogen and oxygen atoms in total. The fourth-order valence-corrected chi connectivity index (χ4v) is 1.32. The molecule has 0 bridgehead atoms. The fourth-order valence-electron chi connectivity index (χ4n) is 1.32. The predicted molar refractivity (Wildman–Crippen MR) is 61.8 cm³/mol. The van der Waals surface area contributed by atoms with E-state index in [1.165, 1.54) is 6.92 Å². The minimum Gasteiger partial charge on any atom is -0.370 e. The fraction of sp³-hybridized carbons (Fsp3) is 0.364. The number of halogens is 3. The maximum Gasteiger partial charge on any atom is 0.391 e. The van der Waals surface area contributed by atoms with E-state index in [2.05, 4.69) is 10.3 Å². The van der Waals surface area contributed by atoms with Crippen LogP contribution >= 0.6 is 0 Å². The van der Waals surface area contributed by atoms with Crippen LogP contribution < -0.4 is 11.1 Å². The summed E-state index contributed by atoms with van der Waals surface area (Å²) in [6.07, 6.45) is -5.21. The Kier molecular flexibility index (Phi) is 4.37. The summed E-state index contributed by atoms with van der Waals surface area (Å²) >= 11 is 0. The standard InChI is InChI=1S/C11H14F3N3/c1-8(7-11(12,13)14)16-10(15)17-9-5-3-2-4-6-9/h2-6,8H,7H2,1H3,(H3,15,16,17). The summed E-state index contributed by atoms with van der Waals surface area (Å²) in [6, 6.07) is 7.99. The maximum absolute atomic E-state index is 12.1. The average Bonchev–Trinajstić information content (AvgIpc) is 2.15. The highest BCUT2D eigenvalue weighted by Gasteiger charge is 2.29. The van der Waals surface area contributed by atoms with Gasteiger partial charge in [-0.1, -0.05) is 18.2 Å². The summed E-state index contributed by atoms with van der Waals surface area (Å²) in [4.78, 5) is 3.72. The van der Waals surface area contributed by atoms with Crippen molar-refractivity contribution in [3.63, 3.8) is 0 Å². The van der Waals surface area contributed by atoms with Gasteiger partial charge in [-0.15, -0.1) is 0 Å². The number of anilines is 1. The number of para-hydroxylation sites is 1. The molecular weight excluding hydrogens is 231 g/mol. The van der Waals surface area contributed by atoms with Crippen LogP contribution in [-0.2, 0) is 0 Å². The highest BCUT2D eigenvalue weighted by molar-refractivity contribution is 5.92. The lowest BCUT2D eigenvalue weighted by molar-refractivity contribution is -0.137. The van der Waals surface area contributed by atoms with E-state index in [9.17, 15) is 13.2 Å². The van der Waals surface area contributed by atoms with Crippen LogP contribution in [0.5, 0.6) is 0 Å². The van der Waals surface area contributed by atoms with E-state index in [1.807, 2.05) is 6.07 Å². The molecule has 0 aliphatic rings. The third-order valence-corrected chi connectivity index (χ3v) is 1.93. The van der Waals surface area contributed by atoms with Crippen molar-refractivity contribution in [2.24, 2.45) is 10.7 Å². The van der Waals surface area contributed by atoms with Crippen molar-refractivity contribution in [1.29, 1.82) is 0 Å². The Bertz CT molecular complexity index is 373. The third-order valence-electron chi connectivity index (χ3n) is 1.93. The van der Waals surface area contributed by atoms with Crippen LogP contribution in [0.1, 0.15) is 13.3 Å². The van der Waals surface area contributed by atoms with Gasteiger partial charge in [-0.2, -0.15) is 13.2 Å². The van der Waals surface area contributed by atoms with Gasteiger partial charge in [0.25, 0.3) is 0 Å². The van der Waals surface area contributed by atoms with Crippen molar-refractivity contribution in [2.45, 2.75) is 25.6 Å². The molecule has 1 rings (SSSR count). The number of rotatable bonds is 3. The molecule has 1 aromatic rings. The Hall–Kier alpha value is -1.72. The molecule has 6 heteroatoms. The summed E-state index contributed by atoms with van der Waals surface area (Å²) < 4.78 is 36.2. The first kappa shape index (κ1) is 13.3. The molecular formula is C11H14F3N3. The van der Waals surface area contributed by atoms with Gasteiger partial charge < -0.3 is 11.1 Å². The van der Waals surface area contributed by atoms with E-state index in [0.717, 1.165) is 0 Å². The zero-order valence-corrected chi connectivity index (χ0v) is 9.33. The molecule has 1 atom stereocenters. The quantitative estimate of drug-likeness (QED) is 0.635. The molecule has 0 spiro atoms. The van der Waals surface area contributed by atoms with Crippen molar-refractivity contribution >= 4 is 11.6 Å². The van der Waals surface area contributed by atoms with Gasteiger partial charge in [0.05, 0.1) is 12.5 Å². The molecule has 0 heterocycles. The van der Waals surface area contributed by atoms with Crippen molar-refractivity contribution < 1.29 is 13.2 Å². The largest absolute Gasteiger partial charge is 0.391 e. The topological polar surface area (TPSA) is 50.4 Å². The van der Waals surface area contributed by atoms with E-state index < -0.39 is 18.6 Å². The summed E-state index contributed by atoms with van der Waals surface area (Å²) in [5, 5.41) is 2.72. The van der Waals surface area contributed by atoms with Crippen molar-refractivity contribution in [3.8, 4) is 0 Å². The Labute approximate surface area is 97.5 Å². The number of nitrogens with one attached hydrogen (secondary N) is 1. The van der Waals surface area contributed by atoms with Gasteiger partial charge in [-0.05, 0) is 19.1 Å². The van der Waals surface area contributed by atoms with Gasteiger partial charge in [0.15, 0.2) is 5.96 Å². The van der Waals surface area contributed by atoms with Crippen LogP contribution in [0.2, 0.25) is 0 Å². The maximum atomic E-state index is 12.1. The first-order valence-corrected chi connectivity index (χ1v) is 5.09. The second kappa shape index (κ2) is 5.56. The zero-order valence-electron chi connectivity index (χ0n) is 9.33. The number of alkyl halides is 3. The summed E-state index contributed by atoms with van der Waals surface area (Å²) in [6.45, 7) is 1.37.